The van der Waals surface area contributed by atoms with Gasteiger partial charge in [0.15, 0.2) is 0 Å². The molecule has 0 spiro atoms. The van der Waals surface area contributed by atoms with E-state index >= 15 is 0 Å². The first-order valence-electron chi connectivity index (χ1n) is 8.47. The van der Waals surface area contributed by atoms with Crippen LogP contribution in [0.4, 0.5) is 13.2 Å². The van der Waals surface area contributed by atoms with Crippen molar-refractivity contribution in [2.75, 3.05) is 0 Å². The Morgan fingerprint density at radius 3 is 1.88 bits per heavy atom. The minimum Gasteiger partial charge on any atom is -0.406 e. The summed E-state index contributed by atoms with van der Waals surface area (Å²) in [6.45, 7) is 2.19. The van der Waals surface area contributed by atoms with E-state index in [1.165, 1.54) is 55.3 Å². The van der Waals surface area contributed by atoms with Gasteiger partial charge in [0.2, 0.25) is 0 Å². The topological polar surface area (TPSA) is 34.0 Å². The lowest BCUT2D eigenvalue weighted by Crippen LogP contribution is -2.16. The molecule has 2 aromatic carbocycles. The maximum atomic E-state index is 12.1. The second-order valence-electron chi connectivity index (χ2n) is 5.80. The summed E-state index contributed by atoms with van der Waals surface area (Å²) in [4.78, 5) is 0. The number of hydrogen-bond donors (Lipinski definition) is 0. The highest BCUT2D eigenvalue weighted by molar-refractivity contribution is 5.82. The molecule has 0 aliphatic carbocycles. The van der Waals surface area contributed by atoms with Gasteiger partial charge in [-0.05, 0) is 53.8 Å². The third-order valence-electron chi connectivity index (χ3n) is 3.64. The number of unbranched alkanes of at least 4 members (excludes halogenated alkanes) is 2. The summed E-state index contributed by atoms with van der Waals surface area (Å²) < 4.78 is 40.1. The number of ether oxygens (including phenoxy) is 1. The summed E-state index contributed by atoms with van der Waals surface area (Å²) >= 11 is 0. The molecule has 0 aromatic heterocycles. The highest BCUT2D eigenvalue weighted by atomic mass is 19.4. The summed E-state index contributed by atoms with van der Waals surface area (Å²) in [5.74, 6) is -0.267. The van der Waals surface area contributed by atoms with E-state index in [-0.39, 0.29) is 5.75 Å². The van der Waals surface area contributed by atoms with E-state index in [1.54, 1.807) is 6.21 Å². The quantitative estimate of drug-likeness (QED) is 0.333. The van der Waals surface area contributed by atoms with Crippen molar-refractivity contribution in [3.8, 4) is 5.75 Å². The molecule has 138 valence electrons. The summed E-state index contributed by atoms with van der Waals surface area (Å²) in [7, 11) is 0. The Bertz CT molecular complexity index is 720. The average Bonchev–Trinajstić information content (AvgIpc) is 2.60. The molecular weight excluding hydrogens is 341 g/mol. The molecule has 6 heteroatoms. The first-order valence-corrected chi connectivity index (χ1v) is 8.47. The van der Waals surface area contributed by atoms with Gasteiger partial charge in [0.1, 0.15) is 5.75 Å². The van der Waals surface area contributed by atoms with Crippen LogP contribution in [-0.4, -0.2) is 18.8 Å². The van der Waals surface area contributed by atoms with Crippen LogP contribution in [0.15, 0.2) is 58.7 Å². The van der Waals surface area contributed by atoms with Crippen molar-refractivity contribution >= 4 is 12.4 Å². The fourth-order valence-electron chi connectivity index (χ4n) is 2.31. The average molecular weight is 362 g/mol. The Kier molecular flexibility index (Phi) is 7.38. The molecule has 0 heterocycles. The van der Waals surface area contributed by atoms with Crippen LogP contribution in [0.1, 0.15) is 42.9 Å². The standard InChI is InChI=1S/C20H21F3N2O/c1-2-3-4-5-16-6-8-17(9-7-16)14-24-25-15-18-10-12-19(13-11-18)26-20(21,22)23/h6-15H,2-5H2,1H3. The summed E-state index contributed by atoms with van der Waals surface area (Å²) in [5.41, 5.74) is 2.87. The highest BCUT2D eigenvalue weighted by Gasteiger charge is 2.30. The predicted molar refractivity (Wildman–Crippen MR) is 98.0 cm³/mol. The molecule has 0 N–H and O–H groups in total. The SMILES string of the molecule is CCCCCc1ccc(C=NN=Cc2ccc(OC(F)(F)F)cc2)cc1. The van der Waals surface area contributed by atoms with E-state index in [9.17, 15) is 13.2 Å². The van der Waals surface area contributed by atoms with Crippen molar-refractivity contribution in [2.45, 2.75) is 39.0 Å². The number of halogens is 3. The zero-order valence-corrected chi connectivity index (χ0v) is 14.5. The molecule has 0 amide bonds. The van der Waals surface area contributed by atoms with Gasteiger partial charge in [0.05, 0.1) is 12.4 Å². The van der Waals surface area contributed by atoms with E-state index in [4.69, 9.17) is 0 Å². The lowest BCUT2D eigenvalue weighted by Gasteiger charge is -2.08. The molecule has 0 saturated heterocycles. The van der Waals surface area contributed by atoms with Crippen LogP contribution < -0.4 is 4.74 Å². The summed E-state index contributed by atoms with van der Waals surface area (Å²) in [5, 5.41) is 7.86. The van der Waals surface area contributed by atoms with Crippen molar-refractivity contribution in [3.63, 3.8) is 0 Å². The normalized spacial score (nSPS) is 12.2. The van der Waals surface area contributed by atoms with Gasteiger partial charge < -0.3 is 4.74 Å². The van der Waals surface area contributed by atoms with E-state index in [0.717, 1.165) is 12.0 Å². The maximum Gasteiger partial charge on any atom is 0.573 e. The van der Waals surface area contributed by atoms with Crippen molar-refractivity contribution in [1.82, 2.24) is 0 Å². The number of nitrogens with zero attached hydrogens (tertiary/aromatic N) is 2. The first kappa shape index (κ1) is 19.7. The molecular formula is C20H21F3N2O. The van der Waals surface area contributed by atoms with E-state index in [0.29, 0.717) is 5.56 Å². The Labute approximate surface area is 151 Å². The van der Waals surface area contributed by atoms with Crippen molar-refractivity contribution in [2.24, 2.45) is 10.2 Å². The second kappa shape index (κ2) is 9.75. The van der Waals surface area contributed by atoms with Crippen LogP contribution in [0.25, 0.3) is 0 Å². The van der Waals surface area contributed by atoms with Crippen molar-refractivity contribution in [1.29, 1.82) is 0 Å². The molecule has 0 aliphatic heterocycles. The van der Waals surface area contributed by atoms with Gasteiger partial charge in [0, 0.05) is 0 Å². The van der Waals surface area contributed by atoms with Gasteiger partial charge in [0.25, 0.3) is 0 Å². The molecule has 0 atom stereocenters. The van der Waals surface area contributed by atoms with Gasteiger partial charge in [-0.25, -0.2) is 0 Å². The summed E-state index contributed by atoms with van der Waals surface area (Å²) in [6.07, 6.45) is 3.13. The number of rotatable bonds is 8. The van der Waals surface area contributed by atoms with Crippen LogP contribution in [-0.2, 0) is 6.42 Å². The Morgan fingerprint density at radius 1 is 0.846 bits per heavy atom. The molecule has 26 heavy (non-hydrogen) atoms. The van der Waals surface area contributed by atoms with Gasteiger partial charge in [-0.3, -0.25) is 0 Å². The van der Waals surface area contributed by atoms with Gasteiger partial charge in [-0.1, -0.05) is 44.0 Å². The number of aryl methyl sites for hydroxylation is 1. The Morgan fingerprint density at radius 2 is 1.38 bits per heavy atom. The maximum absolute atomic E-state index is 12.1. The molecule has 3 nitrogen and oxygen atoms in total. The molecule has 0 aliphatic rings. The van der Waals surface area contributed by atoms with Crippen molar-refractivity contribution in [3.05, 3.63) is 65.2 Å². The summed E-state index contributed by atoms with van der Waals surface area (Å²) in [6, 6.07) is 13.6. The monoisotopic (exact) mass is 362 g/mol. The van der Waals surface area contributed by atoms with Crippen LogP contribution in [0, 0.1) is 0 Å². The smallest absolute Gasteiger partial charge is 0.406 e. The number of benzene rings is 2. The molecule has 0 unspecified atom stereocenters. The third kappa shape index (κ3) is 7.51. The lowest BCUT2D eigenvalue weighted by molar-refractivity contribution is -0.274. The highest BCUT2D eigenvalue weighted by Crippen LogP contribution is 2.22. The zero-order valence-electron chi connectivity index (χ0n) is 14.5. The zero-order chi connectivity index (χ0) is 18.8. The van der Waals surface area contributed by atoms with Gasteiger partial charge >= 0.3 is 6.36 Å². The largest absolute Gasteiger partial charge is 0.573 e. The minimum atomic E-state index is -4.69. The molecule has 0 saturated carbocycles. The fraction of sp³-hybridized carbons (Fsp3) is 0.300. The number of alkyl halides is 3. The molecule has 2 aromatic rings. The van der Waals surface area contributed by atoms with Crippen LogP contribution in [0.5, 0.6) is 5.75 Å². The number of hydrogen-bond acceptors (Lipinski definition) is 3. The van der Waals surface area contributed by atoms with E-state index < -0.39 is 6.36 Å². The molecule has 0 fully saturated rings. The molecule has 0 bridgehead atoms. The van der Waals surface area contributed by atoms with Crippen LogP contribution in [0.3, 0.4) is 0 Å². The predicted octanol–water partition coefficient (Wildman–Crippen LogP) is 5.77. The lowest BCUT2D eigenvalue weighted by atomic mass is 10.1. The fourth-order valence-corrected chi connectivity index (χ4v) is 2.31. The third-order valence-corrected chi connectivity index (χ3v) is 3.64. The minimum absolute atomic E-state index is 0.267. The van der Waals surface area contributed by atoms with Crippen LogP contribution in [0.2, 0.25) is 0 Å². The van der Waals surface area contributed by atoms with Gasteiger partial charge in [-0.2, -0.15) is 10.2 Å². The Hall–Kier alpha value is -2.63. The first-order chi connectivity index (χ1) is 12.5. The van der Waals surface area contributed by atoms with Gasteiger partial charge in [-0.15, -0.1) is 13.2 Å². The van der Waals surface area contributed by atoms with E-state index in [2.05, 4.69) is 34.0 Å². The van der Waals surface area contributed by atoms with E-state index in [1.807, 2.05) is 12.1 Å². The second-order valence-corrected chi connectivity index (χ2v) is 5.80. The Balaban J connectivity index is 1.85. The van der Waals surface area contributed by atoms with Crippen LogP contribution >= 0.6 is 0 Å². The van der Waals surface area contributed by atoms with Crippen molar-refractivity contribution < 1.29 is 17.9 Å². The molecule has 2 rings (SSSR count). The molecule has 0 radical (unpaired) electrons.